The number of ether oxygens (including phenoxy) is 2. The molecule has 0 spiro atoms. The molecular weight excluding hydrogens is 260 g/mol. The number of nitrogens with zero attached hydrogens (tertiary/aromatic N) is 3. The minimum atomic E-state index is -0.225. The number of hydrogen-bond donors (Lipinski definition) is 1. The first-order chi connectivity index (χ1) is 9.74. The lowest BCUT2D eigenvalue weighted by molar-refractivity contribution is -0.146. The number of aromatic amines is 1. The van der Waals surface area contributed by atoms with Crippen molar-refractivity contribution in [1.29, 1.82) is 0 Å². The summed E-state index contributed by atoms with van der Waals surface area (Å²) in [5.74, 6) is 1.70. The monoisotopic (exact) mass is 280 g/mol. The van der Waals surface area contributed by atoms with Gasteiger partial charge in [-0.2, -0.15) is 5.10 Å². The Balaban J connectivity index is 1.63. The van der Waals surface area contributed by atoms with E-state index in [1.807, 2.05) is 11.8 Å². The molecule has 1 amide bonds. The Morgan fingerprint density at radius 2 is 2.15 bits per heavy atom. The second-order valence-electron chi connectivity index (χ2n) is 5.31. The van der Waals surface area contributed by atoms with E-state index in [4.69, 9.17) is 9.47 Å². The van der Waals surface area contributed by atoms with Crippen LogP contribution in [0.1, 0.15) is 30.6 Å². The summed E-state index contributed by atoms with van der Waals surface area (Å²) in [4.78, 5) is 18.7. The number of aromatic nitrogens is 3. The van der Waals surface area contributed by atoms with Gasteiger partial charge in [-0.1, -0.05) is 0 Å². The van der Waals surface area contributed by atoms with E-state index in [0.717, 1.165) is 18.7 Å². The first-order valence-electron chi connectivity index (χ1n) is 7.11. The average Bonchev–Trinajstić information content (AvgIpc) is 2.94. The first-order valence-corrected chi connectivity index (χ1v) is 7.11. The Labute approximate surface area is 117 Å². The van der Waals surface area contributed by atoms with Crippen LogP contribution in [-0.4, -0.2) is 58.9 Å². The van der Waals surface area contributed by atoms with Crippen LogP contribution in [-0.2, 0) is 14.3 Å². The largest absolute Gasteiger partial charge is 0.381 e. The van der Waals surface area contributed by atoms with Crippen LogP contribution in [0, 0.1) is 12.8 Å². The molecular formula is C13H20N4O3. The molecule has 2 aliphatic heterocycles. The third-order valence-corrected chi connectivity index (χ3v) is 3.85. The van der Waals surface area contributed by atoms with Crippen molar-refractivity contribution in [2.75, 3.05) is 32.9 Å². The van der Waals surface area contributed by atoms with Gasteiger partial charge < -0.3 is 14.4 Å². The lowest BCUT2D eigenvalue weighted by Crippen LogP contribution is -2.46. The molecule has 0 bridgehead atoms. The number of amides is 1. The Morgan fingerprint density at radius 1 is 1.35 bits per heavy atom. The van der Waals surface area contributed by atoms with Crippen molar-refractivity contribution in [1.82, 2.24) is 20.1 Å². The molecule has 0 aliphatic carbocycles. The summed E-state index contributed by atoms with van der Waals surface area (Å²) in [7, 11) is 0. The number of carbonyl (C=O) groups excluding carboxylic acids is 1. The Morgan fingerprint density at radius 3 is 2.85 bits per heavy atom. The number of carbonyl (C=O) groups is 1. The summed E-state index contributed by atoms with van der Waals surface area (Å²) in [6, 6.07) is 0. The van der Waals surface area contributed by atoms with E-state index in [-0.39, 0.29) is 17.9 Å². The molecule has 0 aromatic carbocycles. The Bertz CT molecular complexity index is 470. The molecule has 7 heteroatoms. The zero-order valence-corrected chi connectivity index (χ0v) is 11.7. The van der Waals surface area contributed by atoms with Crippen LogP contribution in [0.3, 0.4) is 0 Å². The van der Waals surface area contributed by atoms with E-state index in [0.29, 0.717) is 38.7 Å². The highest BCUT2D eigenvalue weighted by atomic mass is 16.5. The fraction of sp³-hybridized carbons (Fsp3) is 0.769. The fourth-order valence-corrected chi connectivity index (χ4v) is 2.71. The zero-order chi connectivity index (χ0) is 13.9. The molecule has 2 aliphatic rings. The van der Waals surface area contributed by atoms with Gasteiger partial charge in [0, 0.05) is 25.7 Å². The number of aryl methyl sites for hydroxylation is 1. The molecule has 7 nitrogen and oxygen atoms in total. The number of nitrogens with one attached hydrogen (secondary N) is 1. The van der Waals surface area contributed by atoms with E-state index < -0.39 is 0 Å². The summed E-state index contributed by atoms with van der Waals surface area (Å²) in [5.41, 5.74) is 0. The lowest BCUT2D eigenvalue weighted by Gasteiger charge is -2.35. The second-order valence-corrected chi connectivity index (χ2v) is 5.31. The maximum atomic E-state index is 12.5. The molecule has 1 aromatic heterocycles. The summed E-state index contributed by atoms with van der Waals surface area (Å²) < 4.78 is 11.0. The predicted molar refractivity (Wildman–Crippen MR) is 69.9 cm³/mol. The van der Waals surface area contributed by atoms with Crippen molar-refractivity contribution in [2.24, 2.45) is 5.92 Å². The van der Waals surface area contributed by atoms with Gasteiger partial charge in [0.05, 0.1) is 13.2 Å². The highest BCUT2D eigenvalue weighted by Gasteiger charge is 2.32. The first kappa shape index (κ1) is 13.5. The number of hydrogen-bond acceptors (Lipinski definition) is 5. The summed E-state index contributed by atoms with van der Waals surface area (Å²) in [5, 5.41) is 6.94. The van der Waals surface area contributed by atoms with Gasteiger partial charge in [0.1, 0.15) is 11.9 Å². The SMILES string of the molecule is Cc1nc(C2CN(C(=O)C3CCOCC3)CCO2)n[nH]1. The van der Waals surface area contributed by atoms with Crippen LogP contribution in [0.2, 0.25) is 0 Å². The lowest BCUT2D eigenvalue weighted by atomic mass is 9.98. The molecule has 3 heterocycles. The number of rotatable bonds is 2. The normalized spacial score (nSPS) is 24.9. The Hall–Kier alpha value is -1.47. The molecule has 2 fully saturated rings. The smallest absolute Gasteiger partial charge is 0.226 e. The topological polar surface area (TPSA) is 80.3 Å². The minimum Gasteiger partial charge on any atom is -0.381 e. The molecule has 1 atom stereocenters. The molecule has 3 rings (SSSR count). The summed E-state index contributed by atoms with van der Waals surface area (Å²) in [6.07, 6.45) is 1.42. The maximum Gasteiger partial charge on any atom is 0.226 e. The third kappa shape index (κ3) is 2.83. The van der Waals surface area contributed by atoms with Crippen molar-refractivity contribution >= 4 is 5.91 Å². The van der Waals surface area contributed by atoms with Crippen LogP contribution in [0.4, 0.5) is 0 Å². The van der Waals surface area contributed by atoms with Crippen molar-refractivity contribution in [3.63, 3.8) is 0 Å². The van der Waals surface area contributed by atoms with E-state index in [1.165, 1.54) is 0 Å². The zero-order valence-electron chi connectivity index (χ0n) is 11.7. The highest BCUT2D eigenvalue weighted by molar-refractivity contribution is 5.79. The van der Waals surface area contributed by atoms with Crippen LogP contribution in [0.15, 0.2) is 0 Å². The van der Waals surface area contributed by atoms with E-state index >= 15 is 0 Å². The molecule has 1 aromatic rings. The molecule has 2 saturated heterocycles. The molecule has 1 N–H and O–H groups in total. The van der Waals surface area contributed by atoms with Crippen molar-refractivity contribution < 1.29 is 14.3 Å². The fourth-order valence-electron chi connectivity index (χ4n) is 2.71. The van der Waals surface area contributed by atoms with Gasteiger partial charge in [-0.15, -0.1) is 0 Å². The molecule has 0 saturated carbocycles. The van der Waals surface area contributed by atoms with Crippen LogP contribution in [0.5, 0.6) is 0 Å². The molecule has 1 unspecified atom stereocenters. The van der Waals surface area contributed by atoms with Crippen LogP contribution < -0.4 is 0 Å². The minimum absolute atomic E-state index is 0.0939. The number of morpholine rings is 1. The maximum absolute atomic E-state index is 12.5. The van der Waals surface area contributed by atoms with Gasteiger partial charge in [0.15, 0.2) is 5.82 Å². The standard InChI is InChI=1S/C13H20N4O3/c1-9-14-12(16-15-9)11-8-17(4-7-20-11)13(18)10-2-5-19-6-3-10/h10-11H,2-8H2,1H3,(H,14,15,16). The van der Waals surface area contributed by atoms with Crippen molar-refractivity contribution in [3.05, 3.63) is 11.6 Å². The second kappa shape index (κ2) is 5.88. The molecule has 20 heavy (non-hydrogen) atoms. The average molecular weight is 280 g/mol. The van der Waals surface area contributed by atoms with Gasteiger partial charge in [-0.05, 0) is 19.8 Å². The molecule has 110 valence electrons. The van der Waals surface area contributed by atoms with Crippen LogP contribution >= 0.6 is 0 Å². The van der Waals surface area contributed by atoms with E-state index in [9.17, 15) is 4.79 Å². The van der Waals surface area contributed by atoms with Gasteiger partial charge >= 0.3 is 0 Å². The molecule has 0 radical (unpaired) electrons. The summed E-state index contributed by atoms with van der Waals surface area (Å²) >= 11 is 0. The summed E-state index contributed by atoms with van der Waals surface area (Å²) in [6.45, 7) is 4.94. The number of H-pyrrole nitrogens is 1. The van der Waals surface area contributed by atoms with Gasteiger partial charge in [-0.25, -0.2) is 4.98 Å². The van der Waals surface area contributed by atoms with E-state index in [1.54, 1.807) is 0 Å². The van der Waals surface area contributed by atoms with Crippen LogP contribution in [0.25, 0.3) is 0 Å². The van der Waals surface area contributed by atoms with Gasteiger partial charge in [0.2, 0.25) is 5.91 Å². The Kier molecular flexibility index (Phi) is 3.98. The predicted octanol–water partition coefficient (Wildman–Crippen LogP) is 0.440. The van der Waals surface area contributed by atoms with Crippen molar-refractivity contribution in [3.8, 4) is 0 Å². The van der Waals surface area contributed by atoms with Crippen molar-refractivity contribution in [2.45, 2.75) is 25.9 Å². The van der Waals surface area contributed by atoms with Gasteiger partial charge in [0.25, 0.3) is 0 Å². The highest BCUT2D eigenvalue weighted by Crippen LogP contribution is 2.23. The third-order valence-electron chi connectivity index (χ3n) is 3.85. The quantitative estimate of drug-likeness (QED) is 0.850. The van der Waals surface area contributed by atoms with E-state index in [2.05, 4.69) is 15.2 Å². The van der Waals surface area contributed by atoms with Gasteiger partial charge in [-0.3, -0.25) is 9.89 Å².